The Balaban J connectivity index is 1.88. The molecular formula is C15H22N2O2S. The summed E-state index contributed by atoms with van der Waals surface area (Å²) >= 11 is 4.92. The Morgan fingerprint density at radius 3 is 2.50 bits per heavy atom. The van der Waals surface area contributed by atoms with Crippen molar-refractivity contribution in [3.8, 4) is 0 Å². The van der Waals surface area contributed by atoms with Crippen LogP contribution in [0.5, 0.6) is 0 Å². The third-order valence-electron chi connectivity index (χ3n) is 3.88. The van der Waals surface area contributed by atoms with Crippen molar-refractivity contribution in [2.75, 3.05) is 26.7 Å². The standard InChI is InChI=1S/C15H22N2O2S/c1-19-13-6-8-17(9-7-13)10-14(18)11-2-4-12(5-3-11)15(16)20/h2-5,13-14,18H,6-10H2,1H3,(H2,16,20). The number of benzene rings is 1. The molecule has 1 heterocycles. The van der Waals surface area contributed by atoms with E-state index in [1.807, 2.05) is 24.3 Å². The lowest BCUT2D eigenvalue weighted by Crippen LogP contribution is -2.38. The van der Waals surface area contributed by atoms with Crippen LogP contribution < -0.4 is 5.73 Å². The van der Waals surface area contributed by atoms with Gasteiger partial charge in [-0.25, -0.2) is 0 Å². The summed E-state index contributed by atoms with van der Waals surface area (Å²) in [6, 6.07) is 7.50. The Hall–Kier alpha value is -1.01. The number of methoxy groups -OCH3 is 1. The van der Waals surface area contributed by atoms with E-state index in [4.69, 9.17) is 22.7 Å². The molecular weight excluding hydrogens is 272 g/mol. The second kappa shape index (κ2) is 7.13. The van der Waals surface area contributed by atoms with Crippen molar-refractivity contribution in [3.05, 3.63) is 35.4 Å². The van der Waals surface area contributed by atoms with Crippen LogP contribution in [0.1, 0.15) is 30.1 Å². The molecule has 4 nitrogen and oxygen atoms in total. The van der Waals surface area contributed by atoms with Gasteiger partial charge in [0, 0.05) is 32.3 Å². The van der Waals surface area contributed by atoms with Gasteiger partial charge < -0.3 is 20.5 Å². The highest BCUT2D eigenvalue weighted by atomic mass is 32.1. The molecule has 1 fully saturated rings. The smallest absolute Gasteiger partial charge is 0.103 e. The Morgan fingerprint density at radius 1 is 1.40 bits per heavy atom. The fourth-order valence-electron chi connectivity index (χ4n) is 2.55. The van der Waals surface area contributed by atoms with Gasteiger partial charge >= 0.3 is 0 Å². The summed E-state index contributed by atoms with van der Waals surface area (Å²) in [7, 11) is 1.76. The van der Waals surface area contributed by atoms with Gasteiger partial charge in [0.15, 0.2) is 0 Å². The van der Waals surface area contributed by atoms with Crippen molar-refractivity contribution in [1.82, 2.24) is 4.90 Å². The minimum absolute atomic E-state index is 0.369. The second-order valence-electron chi connectivity index (χ2n) is 5.24. The van der Waals surface area contributed by atoms with Gasteiger partial charge in [0.25, 0.3) is 0 Å². The van der Waals surface area contributed by atoms with Crippen molar-refractivity contribution in [2.45, 2.75) is 25.0 Å². The average molecular weight is 294 g/mol. The van der Waals surface area contributed by atoms with E-state index in [-0.39, 0.29) is 0 Å². The van der Waals surface area contributed by atoms with Crippen LogP contribution in [0.4, 0.5) is 0 Å². The molecule has 1 aliphatic heterocycles. The summed E-state index contributed by atoms with van der Waals surface area (Å²) in [6.07, 6.45) is 1.95. The lowest BCUT2D eigenvalue weighted by Gasteiger charge is -2.32. The fourth-order valence-corrected chi connectivity index (χ4v) is 2.68. The zero-order chi connectivity index (χ0) is 14.5. The normalized spacial score (nSPS) is 18.9. The zero-order valence-corrected chi connectivity index (χ0v) is 12.6. The van der Waals surface area contributed by atoms with E-state index in [2.05, 4.69) is 4.90 Å². The summed E-state index contributed by atoms with van der Waals surface area (Å²) in [4.78, 5) is 2.66. The molecule has 0 spiro atoms. The molecule has 0 aliphatic carbocycles. The number of likely N-dealkylation sites (tertiary alicyclic amines) is 1. The number of aliphatic hydroxyl groups is 1. The van der Waals surface area contributed by atoms with Crippen LogP contribution in [-0.2, 0) is 4.74 Å². The molecule has 5 heteroatoms. The van der Waals surface area contributed by atoms with Crippen LogP contribution in [-0.4, -0.2) is 47.8 Å². The number of hydrogen-bond acceptors (Lipinski definition) is 4. The maximum atomic E-state index is 10.3. The number of rotatable bonds is 5. The maximum absolute atomic E-state index is 10.3. The van der Waals surface area contributed by atoms with E-state index in [0.29, 0.717) is 17.6 Å². The van der Waals surface area contributed by atoms with E-state index in [0.717, 1.165) is 37.1 Å². The summed E-state index contributed by atoms with van der Waals surface area (Å²) < 4.78 is 5.35. The highest BCUT2D eigenvalue weighted by molar-refractivity contribution is 7.80. The first-order valence-electron chi connectivity index (χ1n) is 6.93. The molecule has 2 rings (SSSR count). The predicted molar refractivity (Wildman–Crippen MR) is 83.8 cm³/mol. The quantitative estimate of drug-likeness (QED) is 0.805. The van der Waals surface area contributed by atoms with Crippen LogP contribution in [0.25, 0.3) is 0 Å². The number of piperidine rings is 1. The van der Waals surface area contributed by atoms with Crippen molar-refractivity contribution < 1.29 is 9.84 Å². The van der Waals surface area contributed by atoms with Gasteiger partial charge in [0.1, 0.15) is 4.99 Å². The molecule has 20 heavy (non-hydrogen) atoms. The van der Waals surface area contributed by atoms with Gasteiger partial charge in [-0.3, -0.25) is 0 Å². The van der Waals surface area contributed by atoms with Gasteiger partial charge in [-0.15, -0.1) is 0 Å². The second-order valence-corrected chi connectivity index (χ2v) is 5.68. The SMILES string of the molecule is COC1CCN(CC(O)c2ccc(C(N)=S)cc2)CC1. The first-order chi connectivity index (χ1) is 9.60. The minimum Gasteiger partial charge on any atom is -0.389 e. The van der Waals surface area contributed by atoms with Crippen LogP contribution in [0.2, 0.25) is 0 Å². The zero-order valence-electron chi connectivity index (χ0n) is 11.8. The molecule has 0 saturated carbocycles. The third-order valence-corrected chi connectivity index (χ3v) is 4.11. The van der Waals surface area contributed by atoms with Crippen LogP contribution in [0.3, 0.4) is 0 Å². The van der Waals surface area contributed by atoms with E-state index in [1.54, 1.807) is 7.11 Å². The molecule has 1 atom stereocenters. The van der Waals surface area contributed by atoms with Crippen LogP contribution in [0.15, 0.2) is 24.3 Å². The number of ether oxygens (including phenoxy) is 1. The summed E-state index contributed by atoms with van der Waals surface area (Å²) in [5.74, 6) is 0. The van der Waals surface area contributed by atoms with E-state index in [1.165, 1.54) is 0 Å². The molecule has 0 bridgehead atoms. The minimum atomic E-state index is -0.477. The highest BCUT2D eigenvalue weighted by Gasteiger charge is 2.21. The van der Waals surface area contributed by atoms with Gasteiger partial charge in [0.2, 0.25) is 0 Å². The van der Waals surface area contributed by atoms with Crippen molar-refractivity contribution in [3.63, 3.8) is 0 Å². The molecule has 1 aromatic rings. The van der Waals surface area contributed by atoms with E-state index < -0.39 is 6.10 Å². The molecule has 3 N–H and O–H groups in total. The number of hydrogen-bond donors (Lipinski definition) is 2. The van der Waals surface area contributed by atoms with E-state index in [9.17, 15) is 5.11 Å². The van der Waals surface area contributed by atoms with E-state index >= 15 is 0 Å². The lowest BCUT2D eigenvalue weighted by atomic mass is 10.0. The molecule has 1 aliphatic rings. The lowest BCUT2D eigenvalue weighted by molar-refractivity contribution is 0.0242. The molecule has 0 aromatic heterocycles. The summed E-state index contributed by atoms with van der Waals surface area (Å²) in [6.45, 7) is 2.60. The van der Waals surface area contributed by atoms with Gasteiger partial charge in [-0.05, 0) is 18.4 Å². The van der Waals surface area contributed by atoms with Gasteiger partial charge in [-0.1, -0.05) is 36.5 Å². The molecule has 0 amide bonds. The third kappa shape index (κ3) is 3.99. The van der Waals surface area contributed by atoms with Crippen LogP contribution in [0, 0.1) is 0 Å². The monoisotopic (exact) mass is 294 g/mol. The molecule has 1 saturated heterocycles. The predicted octanol–water partition coefficient (Wildman–Crippen LogP) is 1.47. The maximum Gasteiger partial charge on any atom is 0.103 e. The first kappa shape index (κ1) is 15.4. The molecule has 1 unspecified atom stereocenters. The number of nitrogens with two attached hydrogens (primary N) is 1. The molecule has 1 aromatic carbocycles. The topological polar surface area (TPSA) is 58.7 Å². The Morgan fingerprint density at radius 2 is 2.00 bits per heavy atom. The Labute approximate surface area is 125 Å². The van der Waals surface area contributed by atoms with Crippen molar-refractivity contribution >= 4 is 17.2 Å². The highest BCUT2D eigenvalue weighted by Crippen LogP contribution is 2.19. The number of aliphatic hydroxyl groups excluding tert-OH is 1. The fraction of sp³-hybridized carbons (Fsp3) is 0.533. The van der Waals surface area contributed by atoms with Crippen molar-refractivity contribution in [2.24, 2.45) is 5.73 Å². The average Bonchev–Trinajstić information content (AvgIpc) is 2.48. The summed E-state index contributed by atoms with van der Waals surface area (Å²) in [5, 5.41) is 10.3. The number of nitrogens with zero attached hydrogens (tertiary/aromatic N) is 1. The Kier molecular flexibility index (Phi) is 5.48. The number of β-amino-alcohol motifs (C(OH)–C–C–N with tert-alkyl or cyclic N) is 1. The van der Waals surface area contributed by atoms with Gasteiger partial charge in [0.05, 0.1) is 12.2 Å². The first-order valence-corrected chi connectivity index (χ1v) is 7.34. The summed E-state index contributed by atoms with van der Waals surface area (Å²) in [5.41, 5.74) is 7.30. The molecule has 110 valence electrons. The molecule has 0 radical (unpaired) electrons. The van der Waals surface area contributed by atoms with Crippen LogP contribution >= 0.6 is 12.2 Å². The van der Waals surface area contributed by atoms with Crippen molar-refractivity contribution in [1.29, 1.82) is 0 Å². The van der Waals surface area contributed by atoms with Gasteiger partial charge in [-0.2, -0.15) is 0 Å². The largest absolute Gasteiger partial charge is 0.389 e. The number of thiocarbonyl (C=S) groups is 1. The Bertz CT molecular complexity index is 442.